The number of fused-ring (bicyclic) bond motifs is 4. The molecule has 20 rings (SSSR count). The summed E-state index contributed by atoms with van der Waals surface area (Å²) in [4.78, 5) is 92.1. The zero-order chi connectivity index (χ0) is 90.2. The quantitative estimate of drug-likeness (QED) is 0.0295. The highest BCUT2D eigenvalue weighted by Gasteiger charge is 2.33. The fourth-order valence-corrected chi connectivity index (χ4v) is 15.6. The van der Waals surface area contributed by atoms with Gasteiger partial charge >= 0.3 is 12.4 Å². The standard InChI is InChI=1S/C27H24F2N4O.C24H17F4N5O.C23H21F3N4O2.C23H18FN5O/c28-20-13-8-18(9-14-20)4-3-7-23-22(17-12-19-10-15-21(29)16-11-19)26(34)33(32-23)27-30-24-5-1-2-6-25(24)31-27;25-16-9-5-14(6-10-16)7-11-17-21(20-12-8-15(13-29-20)24(26,27)28)32-33(22(17)34)23-30-18-3-1-2-4-19(18)31-23;24-23(25,26)15-10-8-14(9-11-15)20-17(13-16-5-3-4-12-32-16)21(31)30(29-20)22-27-18-6-1-2-7-19(18)28-22;24-17-10-7-15(8-11-17)9-12-18-21(16-4-3-13-25-14-16)28-29(22(18)30)23-26-19-5-1-2-6-20(19)27-23/h1-2,5-6,8-11,13-16,32H,3-4,7,12,17H2,(H,30,31);1-6,8-10,12-13,32H,7,11H2,(H,30,31);1-2,6-11,16,29H,3-5,12-13H2,(H,27,28);1-8,10-11,13-14,28H,9,12H2,(H,26,27). The van der Waals surface area contributed by atoms with E-state index in [4.69, 9.17) is 4.74 Å². The fourth-order valence-electron chi connectivity index (χ4n) is 15.6. The SMILES string of the molecule is O=c1c(CC2CCCCO2)c(-c2ccc(C(F)(F)F)cc2)[nH]n1-c1nc2ccccc2[nH]1.O=c1c(CCc2ccc(F)cc2)c(-c2ccc(C(F)(F)F)cn2)[nH]n1-c1nc2ccccc2[nH]1.O=c1c(CCc2ccc(F)cc2)c(-c2cccnc2)[nH]n1-c1nc2ccccc2[nH]1.O=c1c(CCc2ccc(F)cc2)c(CCCc2ccc(F)cc2)[nH]n1-c1nc2ccccc2[nH]1. The van der Waals surface area contributed by atoms with Gasteiger partial charge in [-0.1, -0.05) is 109 Å². The number of aromatic nitrogens is 18. The number of para-hydroxylation sites is 8. The number of aryl methyl sites for hydroxylation is 5. The van der Waals surface area contributed by atoms with Gasteiger partial charge in [0.2, 0.25) is 23.8 Å². The van der Waals surface area contributed by atoms with E-state index in [9.17, 15) is 63.1 Å². The van der Waals surface area contributed by atoms with Crippen LogP contribution >= 0.6 is 0 Å². The second kappa shape index (κ2) is 37.9. The molecule has 0 bridgehead atoms. The van der Waals surface area contributed by atoms with E-state index in [0.717, 1.165) is 123 Å². The smallest absolute Gasteiger partial charge is 0.378 e. The molecule has 0 amide bonds. The van der Waals surface area contributed by atoms with E-state index >= 15 is 0 Å². The average Bonchev–Trinajstić information content (AvgIpc) is 1.63. The molecule has 19 aromatic rings. The van der Waals surface area contributed by atoms with Crippen molar-refractivity contribution in [2.45, 2.75) is 102 Å². The molecule has 11 heterocycles. The van der Waals surface area contributed by atoms with Crippen LogP contribution in [0.15, 0.2) is 280 Å². The van der Waals surface area contributed by atoms with Gasteiger partial charge < -0.3 is 24.7 Å². The van der Waals surface area contributed by atoms with Crippen molar-refractivity contribution in [1.29, 1.82) is 0 Å². The Kier molecular flexibility index (Phi) is 25.3. The van der Waals surface area contributed by atoms with Crippen molar-refractivity contribution in [1.82, 2.24) is 89.0 Å². The number of hydrogen-bond acceptors (Lipinski definition) is 11. The molecule has 9 aromatic carbocycles. The number of hydrogen-bond donors (Lipinski definition) is 8. The molecule has 1 aliphatic heterocycles. The number of pyridine rings is 2. The van der Waals surface area contributed by atoms with Gasteiger partial charge in [-0.2, -0.15) is 45.1 Å². The van der Waals surface area contributed by atoms with Crippen LogP contribution in [0.3, 0.4) is 0 Å². The number of nitrogens with one attached hydrogen (secondary N) is 8. The third-order valence-electron chi connectivity index (χ3n) is 22.4. The maximum atomic E-state index is 13.4. The summed E-state index contributed by atoms with van der Waals surface area (Å²) in [5.41, 5.74) is 13.2. The van der Waals surface area contributed by atoms with Crippen molar-refractivity contribution in [3.05, 3.63) is 387 Å². The predicted molar refractivity (Wildman–Crippen MR) is 473 cm³/mol. The number of imidazole rings is 4. The molecular formula is C97H80F10N18O5. The maximum absolute atomic E-state index is 13.4. The number of ether oxygens (including phenoxy) is 1. The Bertz CT molecular complexity index is 7270. The first-order valence-corrected chi connectivity index (χ1v) is 41.8. The molecule has 1 saturated heterocycles. The zero-order valence-electron chi connectivity index (χ0n) is 69.1. The molecule has 0 saturated carbocycles. The molecule has 0 spiro atoms. The van der Waals surface area contributed by atoms with Gasteiger partial charge in [0.25, 0.3) is 22.2 Å². The van der Waals surface area contributed by atoms with Crippen LogP contribution in [0.2, 0.25) is 0 Å². The van der Waals surface area contributed by atoms with Crippen LogP contribution < -0.4 is 22.2 Å². The molecule has 23 nitrogen and oxygen atoms in total. The number of rotatable bonds is 22. The topological polar surface area (TPSA) is 301 Å². The first-order chi connectivity index (χ1) is 62.9. The van der Waals surface area contributed by atoms with Crippen molar-refractivity contribution in [2.75, 3.05) is 6.61 Å². The van der Waals surface area contributed by atoms with Crippen LogP contribution in [0.4, 0.5) is 43.9 Å². The molecule has 0 aliphatic carbocycles. The molecule has 1 aliphatic rings. The van der Waals surface area contributed by atoms with Gasteiger partial charge in [-0.05, 0) is 238 Å². The van der Waals surface area contributed by atoms with Gasteiger partial charge in [-0.15, -0.1) is 0 Å². The van der Waals surface area contributed by atoms with Gasteiger partial charge in [0, 0.05) is 65.1 Å². The lowest BCUT2D eigenvalue weighted by atomic mass is 9.98. The summed E-state index contributed by atoms with van der Waals surface area (Å²) in [5.74, 6) is 0.264. The first-order valence-electron chi connectivity index (χ1n) is 41.8. The lowest BCUT2D eigenvalue weighted by molar-refractivity contribution is -0.138. The van der Waals surface area contributed by atoms with Crippen molar-refractivity contribution < 1.29 is 48.6 Å². The first kappa shape index (κ1) is 86.6. The Morgan fingerprint density at radius 2 is 0.738 bits per heavy atom. The Labute approximate surface area is 731 Å². The summed E-state index contributed by atoms with van der Waals surface area (Å²) in [6.07, 6.45) is 3.47. The second-order valence-electron chi connectivity index (χ2n) is 31.1. The van der Waals surface area contributed by atoms with E-state index in [1.807, 2.05) is 103 Å². The highest BCUT2D eigenvalue weighted by Crippen LogP contribution is 2.35. The third-order valence-corrected chi connectivity index (χ3v) is 22.4. The molecule has 33 heteroatoms. The number of aromatic amines is 8. The molecule has 1 unspecified atom stereocenters. The normalized spacial score (nSPS) is 12.9. The highest BCUT2D eigenvalue weighted by molar-refractivity contribution is 5.79. The minimum atomic E-state index is -4.52. The molecule has 130 heavy (non-hydrogen) atoms. The van der Waals surface area contributed by atoms with E-state index < -0.39 is 29.0 Å². The summed E-state index contributed by atoms with van der Waals surface area (Å²) in [6, 6.07) is 65.6. The molecule has 1 fully saturated rings. The molecule has 658 valence electrons. The number of nitrogens with zero attached hydrogens (tertiary/aromatic N) is 10. The Balaban J connectivity index is 0.000000122. The minimum absolute atomic E-state index is 0.107. The van der Waals surface area contributed by atoms with Crippen LogP contribution in [-0.2, 0) is 74.9 Å². The molecule has 8 N–H and O–H groups in total. The van der Waals surface area contributed by atoms with Crippen molar-refractivity contribution in [3.63, 3.8) is 0 Å². The van der Waals surface area contributed by atoms with E-state index in [-0.39, 0.29) is 64.1 Å². The fraction of sp³-hybridized carbons (Fsp3) is 0.175. The molecule has 0 radical (unpaired) electrons. The van der Waals surface area contributed by atoms with Gasteiger partial charge in [-0.3, -0.25) is 49.5 Å². The van der Waals surface area contributed by atoms with Crippen LogP contribution in [0, 0.1) is 23.3 Å². The summed E-state index contributed by atoms with van der Waals surface area (Å²) in [7, 11) is 0. The van der Waals surface area contributed by atoms with Gasteiger partial charge in [0.1, 0.15) is 23.3 Å². The Hall–Kier alpha value is -15.5. The summed E-state index contributed by atoms with van der Waals surface area (Å²) in [6.45, 7) is 0.641. The minimum Gasteiger partial charge on any atom is -0.378 e. The lowest BCUT2D eigenvalue weighted by Crippen LogP contribution is -2.26. The summed E-state index contributed by atoms with van der Waals surface area (Å²) in [5, 5.41) is 12.5. The number of halogens is 10. The number of H-pyrrole nitrogens is 8. The number of benzene rings is 9. The van der Waals surface area contributed by atoms with Crippen LogP contribution in [0.25, 0.3) is 102 Å². The van der Waals surface area contributed by atoms with Crippen molar-refractivity contribution in [3.8, 4) is 57.7 Å². The monoisotopic (exact) mass is 1770 g/mol. The number of alkyl halides is 6. The average molecular weight is 1770 g/mol. The van der Waals surface area contributed by atoms with E-state index in [1.165, 1.54) is 85.5 Å². The van der Waals surface area contributed by atoms with Crippen molar-refractivity contribution >= 4 is 44.1 Å². The highest BCUT2D eigenvalue weighted by atomic mass is 19.4. The zero-order valence-corrected chi connectivity index (χ0v) is 69.1. The second-order valence-corrected chi connectivity index (χ2v) is 31.1. The third kappa shape index (κ3) is 19.8. The van der Waals surface area contributed by atoms with Gasteiger partial charge in [0.05, 0.1) is 84.1 Å². The van der Waals surface area contributed by atoms with Crippen LogP contribution in [-0.4, -0.2) is 102 Å². The van der Waals surface area contributed by atoms with Crippen LogP contribution in [0.1, 0.15) is 87.0 Å². The lowest BCUT2D eigenvalue weighted by Gasteiger charge is -2.22. The Morgan fingerprint density at radius 1 is 0.354 bits per heavy atom. The molecule has 10 aromatic heterocycles. The van der Waals surface area contributed by atoms with E-state index in [1.54, 1.807) is 67.0 Å². The van der Waals surface area contributed by atoms with Gasteiger partial charge in [0.15, 0.2) is 0 Å². The Morgan fingerprint density at radius 3 is 1.14 bits per heavy atom. The molecular weight excluding hydrogens is 1690 g/mol. The predicted octanol–water partition coefficient (Wildman–Crippen LogP) is 19.2. The van der Waals surface area contributed by atoms with Gasteiger partial charge in [-0.25, -0.2) is 37.5 Å². The maximum Gasteiger partial charge on any atom is 0.417 e. The largest absolute Gasteiger partial charge is 0.417 e. The molecule has 1 atom stereocenters. The van der Waals surface area contributed by atoms with Crippen molar-refractivity contribution in [2.24, 2.45) is 0 Å². The van der Waals surface area contributed by atoms with E-state index in [0.29, 0.717) is 125 Å². The summed E-state index contributed by atoms with van der Waals surface area (Å²) >= 11 is 0. The van der Waals surface area contributed by atoms with Crippen LogP contribution in [0.5, 0.6) is 0 Å². The van der Waals surface area contributed by atoms with E-state index in [2.05, 4.69) is 70.2 Å². The summed E-state index contributed by atoms with van der Waals surface area (Å²) < 4.78 is 142.